The fourth-order valence-corrected chi connectivity index (χ4v) is 2.46. The lowest BCUT2D eigenvalue weighted by Crippen LogP contribution is -2.19. The Hall–Kier alpha value is -1.87. The van der Waals surface area contributed by atoms with Crippen LogP contribution in [0, 0.1) is 0 Å². The van der Waals surface area contributed by atoms with Crippen molar-refractivity contribution in [1.82, 2.24) is 0 Å². The van der Waals surface area contributed by atoms with Gasteiger partial charge in [-0.25, -0.2) is 0 Å². The van der Waals surface area contributed by atoms with E-state index in [0.29, 0.717) is 16.9 Å². The number of benzene rings is 2. The van der Waals surface area contributed by atoms with Crippen LogP contribution in [0.5, 0.6) is 0 Å². The number of thiocarbonyl (C=S) groups is 1. The molecule has 0 aliphatic rings. The molecular weight excluding hydrogens is 288 g/mol. The first-order valence-electron chi connectivity index (χ1n) is 7.73. The zero-order chi connectivity index (χ0) is 16.1. The van der Waals surface area contributed by atoms with Crippen LogP contribution in [-0.2, 0) is 0 Å². The number of anilines is 2. The lowest BCUT2D eigenvalue weighted by molar-refractivity contribution is 0.867. The molecule has 0 bridgehead atoms. The third kappa shape index (κ3) is 4.57. The Balaban J connectivity index is 1.99. The van der Waals surface area contributed by atoms with Gasteiger partial charge in [-0.05, 0) is 59.4 Å². The first-order chi connectivity index (χ1) is 10.5. The van der Waals surface area contributed by atoms with E-state index in [9.17, 15) is 0 Å². The van der Waals surface area contributed by atoms with E-state index in [-0.39, 0.29) is 0 Å². The summed E-state index contributed by atoms with van der Waals surface area (Å²) >= 11 is 5.39. The Morgan fingerprint density at radius 3 is 1.95 bits per heavy atom. The minimum absolute atomic E-state index is 0.506. The molecule has 2 nitrogen and oxygen atoms in total. The van der Waals surface area contributed by atoms with Gasteiger partial charge in [0.15, 0.2) is 5.11 Å². The highest BCUT2D eigenvalue weighted by molar-refractivity contribution is 7.80. The summed E-state index contributed by atoms with van der Waals surface area (Å²) in [7, 11) is 0. The van der Waals surface area contributed by atoms with Gasteiger partial charge in [0.05, 0.1) is 0 Å². The van der Waals surface area contributed by atoms with Gasteiger partial charge in [0.1, 0.15) is 0 Å². The van der Waals surface area contributed by atoms with E-state index in [4.69, 9.17) is 12.2 Å². The van der Waals surface area contributed by atoms with Crippen molar-refractivity contribution >= 4 is 28.7 Å². The molecule has 116 valence electrons. The minimum Gasteiger partial charge on any atom is -0.332 e. The van der Waals surface area contributed by atoms with E-state index in [0.717, 1.165) is 11.4 Å². The summed E-state index contributed by atoms with van der Waals surface area (Å²) in [6.45, 7) is 8.75. The quantitative estimate of drug-likeness (QED) is 0.704. The molecule has 0 saturated carbocycles. The van der Waals surface area contributed by atoms with Crippen molar-refractivity contribution in [1.29, 1.82) is 0 Å². The van der Waals surface area contributed by atoms with Gasteiger partial charge in [0.2, 0.25) is 0 Å². The molecule has 0 atom stereocenters. The van der Waals surface area contributed by atoms with Gasteiger partial charge in [0.25, 0.3) is 0 Å². The van der Waals surface area contributed by atoms with Crippen molar-refractivity contribution in [3.8, 4) is 0 Å². The zero-order valence-electron chi connectivity index (χ0n) is 13.7. The molecule has 2 N–H and O–H groups in total. The summed E-state index contributed by atoms with van der Waals surface area (Å²) in [5.74, 6) is 1.05. The van der Waals surface area contributed by atoms with Gasteiger partial charge < -0.3 is 10.6 Å². The molecule has 2 aromatic rings. The molecular formula is C19H24N2S. The molecule has 0 fully saturated rings. The predicted molar refractivity (Wildman–Crippen MR) is 101 cm³/mol. The lowest BCUT2D eigenvalue weighted by atomic mass is 10.0. The molecule has 2 aromatic carbocycles. The van der Waals surface area contributed by atoms with Gasteiger partial charge >= 0.3 is 0 Å². The maximum absolute atomic E-state index is 5.39. The van der Waals surface area contributed by atoms with E-state index in [1.54, 1.807) is 0 Å². The first-order valence-corrected chi connectivity index (χ1v) is 8.14. The third-order valence-electron chi connectivity index (χ3n) is 3.65. The summed E-state index contributed by atoms with van der Waals surface area (Å²) in [5.41, 5.74) is 4.65. The van der Waals surface area contributed by atoms with Crippen LogP contribution in [0.2, 0.25) is 0 Å². The van der Waals surface area contributed by atoms with Crippen molar-refractivity contribution in [3.63, 3.8) is 0 Å². The molecule has 3 heteroatoms. The van der Waals surface area contributed by atoms with Crippen LogP contribution >= 0.6 is 12.2 Å². The Kier molecular flexibility index (Phi) is 5.56. The summed E-state index contributed by atoms with van der Waals surface area (Å²) in [5, 5.41) is 7.08. The molecule has 0 aliphatic carbocycles. The van der Waals surface area contributed by atoms with Crippen LogP contribution in [0.4, 0.5) is 11.4 Å². The van der Waals surface area contributed by atoms with Gasteiger partial charge in [0, 0.05) is 11.4 Å². The fraction of sp³-hybridized carbons (Fsp3) is 0.316. The first kappa shape index (κ1) is 16.5. The van der Waals surface area contributed by atoms with E-state index in [1.165, 1.54) is 11.1 Å². The van der Waals surface area contributed by atoms with Gasteiger partial charge in [-0.1, -0.05) is 52.0 Å². The molecule has 2 rings (SSSR count). The Labute approximate surface area is 139 Å². The van der Waals surface area contributed by atoms with Gasteiger partial charge in [-0.2, -0.15) is 0 Å². The highest BCUT2D eigenvalue weighted by Crippen LogP contribution is 2.20. The van der Waals surface area contributed by atoms with Crippen LogP contribution in [0.3, 0.4) is 0 Å². The highest BCUT2D eigenvalue weighted by atomic mass is 32.1. The fourth-order valence-electron chi connectivity index (χ4n) is 2.22. The second-order valence-corrected chi connectivity index (χ2v) is 6.54. The van der Waals surface area contributed by atoms with Crippen molar-refractivity contribution in [3.05, 3.63) is 59.7 Å². The minimum atomic E-state index is 0.506. The predicted octanol–water partition coefficient (Wildman–Crippen LogP) is 5.74. The summed E-state index contributed by atoms with van der Waals surface area (Å²) in [6.07, 6.45) is 0. The number of hydrogen-bond donors (Lipinski definition) is 2. The van der Waals surface area contributed by atoms with Crippen LogP contribution in [-0.4, -0.2) is 5.11 Å². The largest absolute Gasteiger partial charge is 0.332 e. The summed E-state index contributed by atoms with van der Waals surface area (Å²) in [4.78, 5) is 0. The summed E-state index contributed by atoms with van der Waals surface area (Å²) in [6, 6.07) is 16.8. The second-order valence-electron chi connectivity index (χ2n) is 6.14. The molecule has 0 aliphatic heterocycles. The van der Waals surface area contributed by atoms with Crippen molar-refractivity contribution in [2.75, 3.05) is 10.6 Å². The SMILES string of the molecule is CC(C)c1ccc(NC(=S)Nc2cccc(C(C)C)c2)cc1. The number of nitrogens with one attached hydrogen (secondary N) is 2. The average Bonchev–Trinajstić information content (AvgIpc) is 2.47. The van der Waals surface area contributed by atoms with Crippen molar-refractivity contribution < 1.29 is 0 Å². The number of hydrogen-bond acceptors (Lipinski definition) is 1. The van der Waals surface area contributed by atoms with E-state index in [2.05, 4.69) is 80.8 Å². The Bertz CT molecular complexity index is 630. The van der Waals surface area contributed by atoms with Crippen LogP contribution in [0.15, 0.2) is 48.5 Å². The zero-order valence-corrected chi connectivity index (χ0v) is 14.5. The normalized spacial score (nSPS) is 10.8. The monoisotopic (exact) mass is 312 g/mol. The second kappa shape index (κ2) is 7.41. The molecule has 0 saturated heterocycles. The maximum atomic E-state index is 5.39. The van der Waals surface area contributed by atoms with E-state index < -0.39 is 0 Å². The Morgan fingerprint density at radius 1 is 0.773 bits per heavy atom. The van der Waals surface area contributed by atoms with E-state index in [1.807, 2.05) is 6.07 Å². The standard InChI is InChI=1S/C19H24N2S/c1-13(2)15-8-10-17(11-9-15)20-19(22)21-18-7-5-6-16(12-18)14(3)4/h5-14H,1-4H3,(H2,20,21,22). The molecule has 22 heavy (non-hydrogen) atoms. The van der Waals surface area contributed by atoms with E-state index >= 15 is 0 Å². The van der Waals surface area contributed by atoms with Crippen molar-refractivity contribution in [2.45, 2.75) is 39.5 Å². The van der Waals surface area contributed by atoms with Crippen LogP contribution in [0.25, 0.3) is 0 Å². The highest BCUT2D eigenvalue weighted by Gasteiger charge is 2.03. The molecule has 0 heterocycles. The van der Waals surface area contributed by atoms with Crippen LogP contribution < -0.4 is 10.6 Å². The van der Waals surface area contributed by atoms with Gasteiger partial charge in [-0.3, -0.25) is 0 Å². The van der Waals surface area contributed by atoms with Gasteiger partial charge in [-0.15, -0.1) is 0 Å². The molecule has 0 aromatic heterocycles. The molecule has 0 radical (unpaired) electrons. The smallest absolute Gasteiger partial charge is 0.175 e. The topological polar surface area (TPSA) is 24.1 Å². The van der Waals surface area contributed by atoms with Crippen LogP contribution in [0.1, 0.15) is 50.7 Å². The molecule has 0 amide bonds. The lowest BCUT2D eigenvalue weighted by Gasteiger charge is -2.13. The number of rotatable bonds is 4. The van der Waals surface area contributed by atoms with Crippen molar-refractivity contribution in [2.24, 2.45) is 0 Å². The summed E-state index contributed by atoms with van der Waals surface area (Å²) < 4.78 is 0. The molecule has 0 unspecified atom stereocenters. The Morgan fingerprint density at radius 2 is 1.36 bits per heavy atom. The maximum Gasteiger partial charge on any atom is 0.175 e. The molecule has 0 spiro atoms. The average molecular weight is 312 g/mol. The third-order valence-corrected chi connectivity index (χ3v) is 3.85.